The normalized spacial score (nSPS) is 26.2. The number of likely N-dealkylation sites (tertiary alicyclic amines) is 1. The van der Waals surface area contributed by atoms with Crippen LogP contribution in [0.25, 0.3) is 0 Å². The van der Waals surface area contributed by atoms with Crippen molar-refractivity contribution < 1.29 is 19.4 Å². The zero-order valence-corrected chi connectivity index (χ0v) is 15.0. The molecule has 2 N–H and O–H groups in total. The number of morpholine rings is 1. The van der Waals surface area contributed by atoms with Crippen molar-refractivity contribution in [2.75, 3.05) is 26.3 Å². The maximum absolute atomic E-state index is 13.0. The highest BCUT2D eigenvalue weighted by Gasteiger charge is 2.41. The van der Waals surface area contributed by atoms with Gasteiger partial charge in [-0.15, -0.1) is 0 Å². The van der Waals surface area contributed by atoms with Gasteiger partial charge in [0.1, 0.15) is 6.61 Å². The molecule has 2 fully saturated rings. The van der Waals surface area contributed by atoms with Crippen molar-refractivity contribution in [3.8, 4) is 0 Å². The molecule has 0 saturated carbocycles. The lowest BCUT2D eigenvalue weighted by molar-refractivity contribution is -0.157. The molecular weight excluding hydrogens is 344 g/mol. The van der Waals surface area contributed by atoms with Crippen LogP contribution in [0, 0.1) is 5.41 Å². The van der Waals surface area contributed by atoms with Gasteiger partial charge in [-0.2, -0.15) is 0 Å². The second-order valence-electron chi connectivity index (χ2n) is 7.09. The van der Waals surface area contributed by atoms with Gasteiger partial charge in [0.2, 0.25) is 5.91 Å². The van der Waals surface area contributed by atoms with Gasteiger partial charge in [-0.1, -0.05) is 36.7 Å². The fraction of sp³-hybridized carbons (Fsp3) is 0.556. The minimum absolute atomic E-state index is 0.118. The molecule has 2 saturated heterocycles. The number of carbonyl (C=O) groups excluding carboxylic acids is 2. The summed E-state index contributed by atoms with van der Waals surface area (Å²) in [6.07, 6.45) is 0.687. The lowest BCUT2D eigenvalue weighted by atomic mass is 9.81. The molecule has 0 aliphatic carbocycles. The van der Waals surface area contributed by atoms with Crippen LogP contribution < -0.4 is 5.32 Å². The van der Waals surface area contributed by atoms with Gasteiger partial charge in [-0.3, -0.25) is 9.59 Å². The second kappa shape index (κ2) is 7.32. The molecule has 2 heterocycles. The van der Waals surface area contributed by atoms with Crippen molar-refractivity contribution >= 4 is 23.4 Å². The molecule has 0 spiro atoms. The van der Waals surface area contributed by atoms with Crippen molar-refractivity contribution in [2.24, 2.45) is 5.41 Å². The van der Waals surface area contributed by atoms with Gasteiger partial charge in [-0.05, 0) is 29.9 Å². The number of aliphatic hydroxyl groups is 1. The van der Waals surface area contributed by atoms with E-state index in [1.54, 1.807) is 23.1 Å². The fourth-order valence-corrected chi connectivity index (χ4v) is 3.59. The zero-order chi connectivity index (χ0) is 18.0. The summed E-state index contributed by atoms with van der Waals surface area (Å²) in [6.45, 7) is 3.14. The van der Waals surface area contributed by atoms with E-state index >= 15 is 0 Å². The average molecular weight is 367 g/mol. The number of halogens is 1. The average Bonchev–Trinajstić information content (AvgIpc) is 2.62. The van der Waals surface area contributed by atoms with Gasteiger partial charge in [0, 0.05) is 24.7 Å². The Balaban J connectivity index is 1.78. The zero-order valence-electron chi connectivity index (χ0n) is 14.2. The quantitative estimate of drug-likeness (QED) is 0.850. The first-order valence-electron chi connectivity index (χ1n) is 8.48. The number of nitrogens with zero attached hydrogens (tertiary/aromatic N) is 1. The van der Waals surface area contributed by atoms with Gasteiger partial charge in [0.15, 0.2) is 6.10 Å². The van der Waals surface area contributed by atoms with Crippen molar-refractivity contribution in [2.45, 2.75) is 31.9 Å². The minimum atomic E-state index is -0.795. The van der Waals surface area contributed by atoms with E-state index in [4.69, 9.17) is 16.3 Å². The van der Waals surface area contributed by atoms with Crippen molar-refractivity contribution in [3.63, 3.8) is 0 Å². The number of amides is 2. The Morgan fingerprint density at radius 2 is 2.08 bits per heavy atom. The van der Waals surface area contributed by atoms with E-state index in [9.17, 15) is 14.7 Å². The van der Waals surface area contributed by atoms with Crippen LogP contribution in [-0.4, -0.2) is 54.2 Å². The van der Waals surface area contributed by atoms with Crippen molar-refractivity contribution in [1.29, 1.82) is 0 Å². The molecule has 1 aromatic carbocycles. The summed E-state index contributed by atoms with van der Waals surface area (Å²) in [4.78, 5) is 26.5. The predicted molar refractivity (Wildman–Crippen MR) is 93.1 cm³/mol. The van der Waals surface area contributed by atoms with Crippen LogP contribution in [0.1, 0.15) is 31.4 Å². The van der Waals surface area contributed by atoms with Crippen LogP contribution in [0.15, 0.2) is 24.3 Å². The Labute approximate surface area is 152 Å². The van der Waals surface area contributed by atoms with E-state index in [1.165, 1.54) is 0 Å². The highest BCUT2D eigenvalue weighted by atomic mass is 35.5. The van der Waals surface area contributed by atoms with E-state index in [0.29, 0.717) is 23.7 Å². The van der Waals surface area contributed by atoms with E-state index in [-0.39, 0.29) is 30.4 Å². The van der Waals surface area contributed by atoms with Crippen molar-refractivity contribution in [3.05, 3.63) is 34.9 Å². The number of hydrogen-bond donors (Lipinski definition) is 2. The summed E-state index contributed by atoms with van der Waals surface area (Å²) in [5.74, 6) is -0.412. The highest BCUT2D eigenvalue weighted by molar-refractivity contribution is 6.31. The van der Waals surface area contributed by atoms with Crippen molar-refractivity contribution in [1.82, 2.24) is 10.2 Å². The van der Waals surface area contributed by atoms with E-state index in [1.807, 2.05) is 13.0 Å². The Morgan fingerprint density at radius 1 is 1.40 bits per heavy atom. The lowest BCUT2D eigenvalue weighted by Crippen LogP contribution is -2.55. The third kappa shape index (κ3) is 3.81. The predicted octanol–water partition coefficient (Wildman–Crippen LogP) is 1.52. The number of ether oxygens (including phenoxy) is 1. The first-order valence-corrected chi connectivity index (χ1v) is 8.86. The monoisotopic (exact) mass is 366 g/mol. The lowest BCUT2D eigenvalue weighted by Gasteiger charge is -2.41. The smallest absolute Gasteiger partial charge is 0.254 e. The summed E-state index contributed by atoms with van der Waals surface area (Å²) >= 11 is 6.26. The number of aliphatic hydroxyl groups excluding tert-OH is 1. The van der Waals surface area contributed by atoms with Gasteiger partial charge in [-0.25, -0.2) is 0 Å². The first-order chi connectivity index (χ1) is 11.9. The first kappa shape index (κ1) is 18.2. The number of carbonyl (C=O) groups is 2. The summed E-state index contributed by atoms with van der Waals surface area (Å²) in [6, 6.07) is 6.54. The number of hydrogen-bond acceptors (Lipinski definition) is 4. The molecule has 2 amide bonds. The van der Waals surface area contributed by atoms with Crippen LogP contribution >= 0.6 is 11.6 Å². The molecule has 0 unspecified atom stereocenters. The molecule has 7 heteroatoms. The fourth-order valence-electron chi connectivity index (χ4n) is 3.34. The maximum atomic E-state index is 13.0. The molecular formula is C18H23ClN2O4. The molecule has 2 aliphatic rings. The Kier molecular flexibility index (Phi) is 5.32. The molecule has 3 rings (SSSR count). The topological polar surface area (TPSA) is 78.9 Å². The Morgan fingerprint density at radius 3 is 2.72 bits per heavy atom. The van der Waals surface area contributed by atoms with Crippen LogP contribution in [0.2, 0.25) is 5.02 Å². The Hall–Kier alpha value is -1.63. The molecule has 2 atom stereocenters. The highest BCUT2D eigenvalue weighted by Crippen LogP contribution is 2.33. The van der Waals surface area contributed by atoms with E-state index in [2.05, 4.69) is 5.32 Å². The summed E-state index contributed by atoms with van der Waals surface area (Å²) in [5, 5.41) is 12.8. The number of piperidine rings is 1. The van der Waals surface area contributed by atoms with Crippen LogP contribution in [-0.2, 0) is 14.3 Å². The molecule has 2 aliphatic heterocycles. The van der Waals surface area contributed by atoms with Crippen LogP contribution in [0.4, 0.5) is 0 Å². The standard InChI is InChI=1S/C18H23ClN2O4/c1-18(11-22)6-8-21(9-7-18)17(24)16-15(20-14(23)10-25-16)12-4-2-3-5-13(12)19/h2-5,15-16,22H,6-11H2,1H3,(H,20,23)/t15-,16+/m1/s1. The molecule has 1 aromatic rings. The third-order valence-electron chi connectivity index (χ3n) is 5.16. The minimum Gasteiger partial charge on any atom is -0.396 e. The molecule has 136 valence electrons. The second-order valence-corrected chi connectivity index (χ2v) is 7.50. The Bertz CT molecular complexity index is 658. The van der Waals surface area contributed by atoms with Gasteiger partial charge in [0.25, 0.3) is 5.91 Å². The van der Waals surface area contributed by atoms with E-state index in [0.717, 1.165) is 12.8 Å². The maximum Gasteiger partial charge on any atom is 0.254 e. The SMILES string of the molecule is CC1(CO)CCN(C(=O)[C@H]2OCC(=O)N[C@@H]2c2ccccc2Cl)CC1. The van der Waals surface area contributed by atoms with E-state index < -0.39 is 12.1 Å². The summed E-state index contributed by atoms with van der Waals surface area (Å²) < 4.78 is 5.59. The van der Waals surface area contributed by atoms with Crippen LogP contribution in [0.5, 0.6) is 0 Å². The molecule has 0 bridgehead atoms. The molecule has 0 aromatic heterocycles. The third-order valence-corrected chi connectivity index (χ3v) is 5.51. The molecule has 0 radical (unpaired) electrons. The molecule has 6 nitrogen and oxygen atoms in total. The number of benzene rings is 1. The summed E-state index contributed by atoms with van der Waals surface area (Å²) in [7, 11) is 0. The molecule has 25 heavy (non-hydrogen) atoms. The summed E-state index contributed by atoms with van der Waals surface area (Å²) in [5.41, 5.74) is 0.536. The van der Waals surface area contributed by atoms with Crippen LogP contribution in [0.3, 0.4) is 0 Å². The number of nitrogens with one attached hydrogen (secondary N) is 1. The largest absolute Gasteiger partial charge is 0.396 e. The van der Waals surface area contributed by atoms with Gasteiger partial charge in [0.05, 0.1) is 6.04 Å². The van der Waals surface area contributed by atoms with Gasteiger partial charge < -0.3 is 20.1 Å². The van der Waals surface area contributed by atoms with Gasteiger partial charge >= 0.3 is 0 Å². The number of rotatable bonds is 3.